The zero-order valence-corrected chi connectivity index (χ0v) is 26.3. The largest absolute Gasteiger partial charge is 0.497 e. The first-order chi connectivity index (χ1) is 21.2. The van der Waals surface area contributed by atoms with Crippen molar-refractivity contribution in [2.45, 2.75) is 83.6 Å². The number of aliphatic carboxylic acids is 2. The van der Waals surface area contributed by atoms with Crippen molar-refractivity contribution in [3.8, 4) is 11.5 Å². The first-order valence-electron chi connectivity index (χ1n) is 14.6. The average Bonchev–Trinajstić information content (AvgIpc) is 2.97. The molecule has 0 bridgehead atoms. The summed E-state index contributed by atoms with van der Waals surface area (Å²) < 4.78 is 15.6. The summed E-state index contributed by atoms with van der Waals surface area (Å²) in [6, 6.07) is 10.7. The normalized spacial score (nSPS) is 12.4. The minimum Gasteiger partial charge on any atom is -0.497 e. The van der Waals surface area contributed by atoms with Gasteiger partial charge in [-0.05, 0) is 62.6 Å². The van der Waals surface area contributed by atoms with Crippen LogP contribution in [0.4, 0.5) is 4.79 Å². The van der Waals surface area contributed by atoms with E-state index in [1.54, 1.807) is 45.0 Å². The molecule has 2 aromatic rings. The number of carbonyl (C=O) groups is 5. The molecule has 2 rings (SSSR count). The highest BCUT2D eigenvalue weighted by molar-refractivity contribution is 5.96. The number of amides is 3. The number of alkyl carbamates (subject to hydrolysis) is 1. The van der Waals surface area contributed by atoms with Gasteiger partial charge in [0, 0.05) is 19.4 Å². The molecule has 3 amide bonds. The molecule has 246 valence electrons. The number of carboxylic acids is 2. The number of carbonyl (C=O) groups excluding carboxylic acids is 3. The van der Waals surface area contributed by atoms with Gasteiger partial charge in [0.2, 0.25) is 11.8 Å². The quantitative estimate of drug-likeness (QED) is 0.128. The molecule has 0 aromatic heterocycles. The Bertz CT molecular complexity index is 1280. The summed E-state index contributed by atoms with van der Waals surface area (Å²) in [7, 11) is 1.53. The summed E-state index contributed by atoms with van der Waals surface area (Å²) in [4.78, 5) is 61.9. The SMILES string of the molecule is CCCCCNC(=O)[C@H](Cc1ccc(OC(C(=O)O)C(=O)O)cc1)NC(=O)[C@H](Cc1ccc(OC)cc1)NC(=O)OC(C)(C)C. The first-order valence-corrected chi connectivity index (χ1v) is 14.6. The number of nitrogens with one attached hydrogen (secondary N) is 3. The van der Waals surface area contributed by atoms with E-state index in [4.69, 9.17) is 24.4 Å². The third-order valence-corrected chi connectivity index (χ3v) is 6.38. The van der Waals surface area contributed by atoms with Gasteiger partial charge in [0.1, 0.15) is 29.2 Å². The molecule has 0 saturated heterocycles. The third-order valence-electron chi connectivity index (χ3n) is 6.38. The highest BCUT2D eigenvalue weighted by Crippen LogP contribution is 2.17. The van der Waals surface area contributed by atoms with Crippen LogP contribution < -0.4 is 25.4 Å². The van der Waals surface area contributed by atoms with Crippen LogP contribution in [0.15, 0.2) is 48.5 Å². The summed E-state index contributed by atoms with van der Waals surface area (Å²) in [5.41, 5.74) is 0.492. The second kappa shape index (κ2) is 17.5. The summed E-state index contributed by atoms with van der Waals surface area (Å²) >= 11 is 0. The predicted molar refractivity (Wildman–Crippen MR) is 164 cm³/mol. The Morgan fingerprint density at radius 3 is 1.73 bits per heavy atom. The van der Waals surface area contributed by atoms with Gasteiger partial charge in [0.05, 0.1) is 7.11 Å². The van der Waals surface area contributed by atoms with E-state index in [2.05, 4.69) is 16.0 Å². The zero-order valence-electron chi connectivity index (χ0n) is 26.3. The Hall–Kier alpha value is -4.81. The molecule has 0 heterocycles. The molecule has 2 aromatic carbocycles. The van der Waals surface area contributed by atoms with Gasteiger partial charge in [-0.15, -0.1) is 0 Å². The average molecular weight is 630 g/mol. The fourth-order valence-electron chi connectivity index (χ4n) is 4.13. The van der Waals surface area contributed by atoms with Crippen LogP contribution in [0.2, 0.25) is 0 Å². The van der Waals surface area contributed by atoms with E-state index < -0.39 is 53.6 Å². The van der Waals surface area contributed by atoms with Crippen molar-refractivity contribution in [3.05, 3.63) is 59.7 Å². The Balaban J connectivity index is 2.29. The van der Waals surface area contributed by atoms with Crippen molar-refractivity contribution in [2.24, 2.45) is 0 Å². The van der Waals surface area contributed by atoms with Crippen LogP contribution in [0.5, 0.6) is 11.5 Å². The molecule has 0 radical (unpaired) electrons. The maximum Gasteiger partial charge on any atom is 0.408 e. The minimum absolute atomic E-state index is 0.000677. The molecule has 13 nitrogen and oxygen atoms in total. The molecule has 0 saturated carbocycles. The van der Waals surface area contributed by atoms with Crippen LogP contribution in [-0.4, -0.2) is 77.5 Å². The van der Waals surface area contributed by atoms with E-state index in [9.17, 15) is 24.0 Å². The Labute approximate surface area is 262 Å². The van der Waals surface area contributed by atoms with E-state index in [1.807, 2.05) is 6.92 Å². The van der Waals surface area contributed by atoms with Gasteiger partial charge in [0.25, 0.3) is 6.10 Å². The summed E-state index contributed by atoms with van der Waals surface area (Å²) in [6.07, 6.45) is -0.127. The Morgan fingerprint density at radius 2 is 1.27 bits per heavy atom. The van der Waals surface area contributed by atoms with Crippen molar-refractivity contribution < 1.29 is 48.4 Å². The van der Waals surface area contributed by atoms with Crippen LogP contribution in [0, 0.1) is 0 Å². The van der Waals surface area contributed by atoms with E-state index in [1.165, 1.54) is 31.4 Å². The molecule has 5 N–H and O–H groups in total. The van der Waals surface area contributed by atoms with Gasteiger partial charge in [-0.1, -0.05) is 44.0 Å². The van der Waals surface area contributed by atoms with Gasteiger partial charge < -0.3 is 40.4 Å². The lowest BCUT2D eigenvalue weighted by atomic mass is 10.0. The fraction of sp³-hybridized carbons (Fsp3) is 0.469. The minimum atomic E-state index is -2.09. The molecular formula is C32H43N3O10. The van der Waals surface area contributed by atoms with E-state index in [0.717, 1.165) is 24.8 Å². The van der Waals surface area contributed by atoms with Crippen molar-refractivity contribution in [1.82, 2.24) is 16.0 Å². The number of hydrogen-bond acceptors (Lipinski definition) is 8. The van der Waals surface area contributed by atoms with Crippen LogP contribution in [-0.2, 0) is 36.8 Å². The highest BCUT2D eigenvalue weighted by Gasteiger charge is 2.30. The summed E-state index contributed by atoms with van der Waals surface area (Å²) in [6.45, 7) is 7.54. The fourth-order valence-corrected chi connectivity index (χ4v) is 4.13. The lowest BCUT2D eigenvalue weighted by molar-refractivity contribution is -0.159. The number of carboxylic acid groups (broad SMARTS) is 2. The van der Waals surface area contributed by atoms with Crippen molar-refractivity contribution >= 4 is 29.8 Å². The third kappa shape index (κ3) is 13.2. The van der Waals surface area contributed by atoms with Crippen LogP contribution in [0.25, 0.3) is 0 Å². The molecule has 2 atom stereocenters. The second-order valence-electron chi connectivity index (χ2n) is 11.3. The molecule has 45 heavy (non-hydrogen) atoms. The molecule has 0 unspecified atom stereocenters. The summed E-state index contributed by atoms with van der Waals surface area (Å²) in [5.74, 6) is -3.73. The number of hydrogen-bond donors (Lipinski definition) is 5. The second-order valence-corrected chi connectivity index (χ2v) is 11.3. The molecule has 0 aliphatic rings. The topological polar surface area (TPSA) is 190 Å². The predicted octanol–water partition coefficient (Wildman–Crippen LogP) is 3.08. The monoisotopic (exact) mass is 629 g/mol. The van der Waals surface area contributed by atoms with Crippen LogP contribution in [0.3, 0.4) is 0 Å². The van der Waals surface area contributed by atoms with E-state index in [-0.39, 0.29) is 18.6 Å². The molecule has 13 heteroatoms. The number of methoxy groups -OCH3 is 1. The molecule has 0 spiro atoms. The van der Waals surface area contributed by atoms with Crippen LogP contribution >= 0.6 is 0 Å². The smallest absolute Gasteiger partial charge is 0.408 e. The Kier molecular flexibility index (Phi) is 14.1. The zero-order chi connectivity index (χ0) is 33.6. The molecule has 0 aliphatic heterocycles. The Morgan fingerprint density at radius 1 is 0.756 bits per heavy atom. The first kappa shape index (κ1) is 36.4. The van der Waals surface area contributed by atoms with Crippen molar-refractivity contribution in [3.63, 3.8) is 0 Å². The van der Waals surface area contributed by atoms with Gasteiger partial charge in [-0.3, -0.25) is 9.59 Å². The number of benzene rings is 2. The van der Waals surface area contributed by atoms with E-state index in [0.29, 0.717) is 17.9 Å². The van der Waals surface area contributed by atoms with Crippen molar-refractivity contribution in [1.29, 1.82) is 0 Å². The standard InChI is InChI=1S/C32H43N3O10/c1-6-7-8-17-33-27(36)24(18-21-11-15-23(16-12-21)44-26(29(38)39)30(40)41)34-28(37)25(35-31(42)45-32(2,3)4)19-20-9-13-22(43-5)14-10-20/h9-16,24-26H,6-8,17-19H2,1-5H3,(H,33,36)(H,34,37)(H,35,42)(H,38,39)(H,40,41)/t24-,25-/m0/s1. The maximum atomic E-state index is 13.6. The number of rotatable bonds is 17. The highest BCUT2D eigenvalue weighted by atomic mass is 16.6. The van der Waals surface area contributed by atoms with E-state index >= 15 is 0 Å². The summed E-state index contributed by atoms with van der Waals surface area (Å²) in [5, 5.41) is 26.4. The van der Waals surface area contributed by atoms with Gasteiger partial charge in [-0.25, -0.2) is 14.4 Å². The molecule has 0 fully saturated rings. The van der Waals surface area contributed by atoms with Gasteiger partial charge in [-0.2, -0.15) is 0 Å². The van der Waals surface area contributed by atoms with Crippen LogP contribution in [0.1, 0.15) is 58.1 Å². The maximum absolute atomic E-state index is 13.6. The molecule has 0 aliphatic carbocycles. The van der Waals surface area contributed by atoms with Crippen molar-refractivity contribution in [2.75, 3.05) is 13.7 Å². The number of ether oxygens (including phenoxy) is 3. The number of unbranched alkanes of at least 4 members (excludes halogenated alkanes) is 2. The lowest BCUT2D eigenvalue weighted by Crippen LogP contribution is -2.55. The van der Waals surface area contributed by atoms with Gasteiger partial charge in [0.15, 0.2) is 0 Å². The van der Waals surface area contributed by atoms with Gasteiger partial charge >= 0.3 is 18.0 Å². The lowest BCUT2D eigenvalue weighted by Gasteiger charge is -2.25. The molecular weight excluding hydrogens is 586 g/mol.